The molecule has 206 valence electrons. The summed E-state index contributed by atoms with van der Waals surface area (Å²) >= 11 is 11.6. The van der Waals surface area contributed by atoms with Gasteiger partial charge in [-0.1, -0.05) is 23.2 Å². The van der Waals surface area contributed by atoms with E-state index in [1.165, 1.54) is 18.2 Å². The number of carbonyl (C=O) groups excluding carboxylic acids is 2. The molecule has 2 aliphatic rings. The van der Waals surface area contributed by atoms with Crippen LogP contribution >= 0.6 is 23.2 Å². The van der Waals surface area contributed by atoms with E-state index >= 15 is 0 Å². The summed E-state index contributed by atoms with van der Waals surface area (Å²) in [6.07, 6.45) is 6.20. The van der Waals surface area contributed by atoms with Gasteiger partial charge in [-0.2, -0.15) is 0 Å². The van der Waals surface area contributed by atoms with E-state index in [9.17, 15) is 23.2 Å². The van der Waals surface area contributed by atoms with Gasteiger partial charge >= 0.3 is 0 Å². The van der Waals surface area contributed by atoms with Crippen LogP contribution in [0.4, 0.5) is 8.78 Å². The zero-order valence-corrected chi connectivity index (χ0v) is 22.5. The van der Waals surface area contributed by atoms with Crippen molar-refractivity contribution in [3.63, 3.8) is 0 Å². The Bertz CT molecular complexity index is 1480. The molecule has 0 radical (unpaired) electrons. The zero-order chi connectivity index (χ0) is 27.7. The van der Waals surface area contributed by atoms with Crippen LogP contribution in [-0.4, -0.2) is 41.5 Å². The van der Waals surface area contributed by atoms with Crippen LogP contribution in [0.25, 0.3) is 10.9 Å². The van der Waals surface area contributed by atoms with Gasteiger partial charge in [-0.15, -0.1) is 0 Å². The van der Waals surface area contributed by atoms with E-state index < -0.39 is 23.0 Å². The number of aromatic nitrogens is 1. The molecule has 5 rings (SSSR count). The molecule has 0 aliphatic heterocycles. The normalized spacial score (nSPS) is 19.2. The second kappa shape index (κ2) is 11.6. The van der Waals surface area contributed by atoms with E-state index in [-0.39, 0.29) is 63.8 Å². The number of amides is 1. The third-order valence-electron chi connectivity index (χ3n) is 7.20. The molecular weight excluding hydrogens is 551 g/mol. The van der Waals surface area contributed by atoms with Crippen LogP contribution in [0.2, 0.25) is 10.0 Å². The first-order chi connectivity index (χ1) is 18.7. The molecular formula is C28H27Cl2F2N3O4. The summed E-state index contributed by atoms with van der Waals surface area (Å²) in [5, 5.41) is 6.23. The summed E-state index contributed by atoms with van der Waals surface area (Å²) in [7, 11) is 0. The molecule has 0 spiro atoms. The molecule has 1 amide bonds. The van der Waals surface area contributed by atoms with E-state index in [2.05, 4.69) is 10.6 Å². The lowest BCUT2D eigenvalue weighted by molar-refractivity contribution is -0.120. The van der Waals surface area contributed by atoms with Crippen molar-refractivity contribution in [3.05, 3.63) is 74.0 Å². The number of nitrogens with zero attached hydrogens (tertiary/aromatic N) is 1. The Balaban J connectivity index is 1.13. The summed E-state index contributed by atoms with van der Waals surface area (Å²) in [5.41, 5.74) is -0.00719. The molecule has 2 fully saturated rings. The smallest absolute Gasteiger partial charge is 0.256 e. The van der Waals surface area contributed by atoms with Crippen LogP contribution in [-0.2, 0) is 4.79 Å². The third kappa shape index (κ3) is 6.42. The average molecular weight is 578 g/mol. The van der Waals surface area contributed by atoms with Crippen molar-refractivity contribution in [2.75, 3.05) is 13.2 Å². The minimum absolute atomic E-state index is 0.0115. The number of ketones is 1. The fourth-order valence-electron chi connectivity index (χ4n) is 4.91. The van der Waals surface area contributed by atoms with Gasteiger partial charge in [-0.25, -0.2) is 8.78 Å². The Morgan fingerprint density at radius 3 is 2.33 bits per heavy atom. The fraction of sp³-hybridized carbons (Fsp3) is 0.393. The molecule has 2 N–H and O–H groups in total. The number of hydrogen-bond acceptors (Lipinski definition) is 5. The summed E-state index contributed by atoms with van der Waals surface area (Å²) in [6.45, 7) is -0.0874. The molecule has 2 aliphatic carbocycles. The largest absolute Gasteiger partial charge is 0.486 e. The molecule has 0 bridgehead atoms. The predicted octanol–water partition coefficient (Wildman–Crippen LogP) is 5.20. The molecule has 7 nitrogen and oxygen atoms in total. The highest BCUT2D eigenvalue weighted by molar-refractivity contribution is 6.31. The number of halogens is 4. The Morgan fingerprint density at radius 2 is 1.64 bits per heavy atom. The average Bonchev–Trinajstić information content (AvgIpc) is 3.76. The summed E-state index contributed by atoms with van der Waals surface area (Å²) in [4.78, 5) is 38.4. The van der Waals surface area contributed by atoms with Crippen molar-refractivity contribution in [2.24, 2.45) is 0 Å². The second-order valence-electron chi connectivity index (χ2n) is 10.1. The van der Waals surface area contributed by atoms with Crippen LogP contribution in [0.3, 0.4) is 0 Å². The van der Waals surface area contributed by atoms with Crippen molar-refractivity contribution >= 4 is 45.8 Å². The van der Waals surface area contributed by atoms with E-state index in [0.717, 1.165) is 37.8 Å². The predicted molar refractivity (Wildman–Crippen MR) is 145 cm³/mol. The SMILES string of the molecule is O=C(CN[C@H]1CC[C@H](NC(=O)c2cn(C3CC3)c3cc(Cl)c(F)cc3c2=O)CC1)COc1ccc(Cl)c(F)c1. The highest BCUT2D eigenvalue weighted by atomic mass is 35.5. The van der Waals surface area contributed by atoms with Crippen molar-refractivity contribution < 1.29 is 23.1 Å². The van der Waals surface area contributed by atoms with Crippen LogP contribution < -0.4 is 20.8 Å². The van der Waals surface area contributed by atoms with Crippen molar-refractivity contribution in [1.82, 2.24) is 15.2 Å². The molecule has 2 aromatic carbocycles. The molecule has 0 atom stereocenters. The van der Waals surface area contributed by atoms with Gasteiger partial charge in [0.25, 0.3) is 5.91 Å². The molecule has 0 saturated heterocycles. The van der Waals surface area contributed by atoms with Gasteiger partial charge in [0.2, 0.25) is 5.43 Å². The molecule has 39 heavy (non-hydrogen) atoms. The number of carbonyl (C=O) groups is 2. The maximum absolute atomic E-state index is 14.1. The maximum atomic E-state index is 14.1. The van der Waals surface area contributed by atoms with Crippen molar-refractivity contribution in [1.29, 1.82) is 0 Å². The Morgan fingerprint density at radius 1 is 0.949 bits per heavy atom. The van der Waals surface area contributed by atoms with E-state index in [1.807, 2.05) is 4.57 Å². The van der Waals surface area contributed by atoms with Crippen LogP contribution in [0.15, 0.2) is 41.3 Å². The van der Waals surface area contributed by atoms with Crippen LogP contribution in [0, 0.1) is 11.6 Å². The zero-order valence-electron chi connectivity index (χ0n) is 20.9. The monoisotopic (exact) mass is 577 g/mol. The Kier molecular flexibility index (Phi) is 8.21. The molecule has 1 aromatic heterocycles. The van der Waals surface area contributed by atoms with Gasteiger partial charge in [0, 0.05) is 35.8 Å². The van der Waals surface area contributed by atoms with E-state index in [0.29, 0.717) is 18.4 Å². The van der Waals surface area contributed by atoms with Gasteiger partial charge in [0.15, 0.2) is 5.78 Å². The summed E-state index contributed by atoms with van der Waals surface area (Å²) < 4.78 is 34.8. The Labute approximate surface area is 233 Å². The minimum Gasteiger partial charge on any atom is -0.486 e. The van der Waals surface area contributed by atoms with Crippen LogP contribution in [0.1, 0.15) is 54.9 Å². The number of Topliss-reactive ketones (excluding diaryl/α,β-unsaturated/α-hetero) is 1. The molecule has 11 heteroatoms. The van der Waals surface area contributed by atoms with Gasteiger partial charge in [-0.3, -0.25) is 14.4 Å². The highest BCUT2D eigenvalue weighted by Crippen LogP contribution is 2.37. The highest BCUT2D eigenvalue weighted by Gasteiger charge is 2.29. The molecule has 2 saturated carbocycles. The first-order valence-electron chi connectivity index (χ1n) is 12.9. The van der Waals surface area contributed by atoms with Gasteiger partial charge in [-0.05, 0) is 62.8 Å². The van der Waals surface area contributed by atoms with Crippen LogP contribution in [0.5, 0.6) is 5.75 Å². The van der Waals surface area contributed by atoms with Gasteiger partial charge < -0.3 is 19.9 Å². The van der Waals surface area contributed by atoms with Crippen molar-refractivity contribution in [3.8, 4) is 5.75 Å². The van der Waals surface area contributed by atoms with E-state index in [4.69, 9.17) is 27.9 Å². The van der Waals surface area contributed by atoms with E-state index in [1.54, 1.807) is 6.20 Å². The Hall–Kier alpha value is -3.01. The number of rotatable bonds is 9. The lowest BCUT2D eigenvalue weighted by Gasteiger charge is -2.29. The van der Waals surface area contributed by atoms with Gasteiger partial charge in [0.1, 0.15) is 29.6 Å². The van der Waals surface area contributed by atoms with Crippen molar-refractivity contribution in [2.45, 2.75) is 56.7 Å². The first kappa shape index (κ1) is 27.6. The molecule has 3 aromatic rings. The molecule has 0 unspecified atom stereocenters. The number of ether oxygens (including phenoxy) is 1. The number of nitrogens with one attached hydrogen (secondary N) is 2. The topological polar surface area (TPSA) is 89.4 Å². The minimum atomic E-state index is -0.698. The second-order valence-corrected chi connectivity index (χ2v) is 10.9. The number of hydrogen-bond donors (Lipinski definition) is 2. The first-order valence-corrected chi connectivity index (χ1v) is 13.6. The third-order valence-corrected chi connectivity index (χ3v) is 7.80. The number of benzene rings is 2. The molecule has 1 heterocycles. The lowest BCUT2D eigenvalue weighted by atomic mass is 9.91. The maximum Gasteiger partial charge on any atom is 0.256 e. The quantitative estimate of drug-likeness (QED) is 0.365. The summed E-state index contributed by atoms with van der Waals surface area (Å²) in [6, 6.07) is 6.66. The number of fused-ring (bicyclic) bond motifs is 1. The fourth-order valence-corrected chi connectivity index (χ4v) is 5.18. The lowest BCUT2D eigenvalue weighted by Crippen LogP contribution is -2.44. The standard InChI is InChI=1S/C28H27Cl2F2N3O4/c29-22-8-7-19(9-24(22)31)39-14-18(36)12-33-15-1-3-16(4-2-15)34-28(38)21-13-35(17-5-6-17)26-11-23(30)25(32)10-20(26)27(21)37/h7-11,13,15-17,33H,1-6,12,14H2,(H,34,38)/t15-,16-. The summed E-state index contributed by atoms with van der Waals surface area (Å²) in [5.74, 6) is -1.74. The number of pyridine rings is 1. The van der Waals surface area contributed by atoms with Gasteiger partial charge in [0.05, 0.1) is 22.1 Å².